The van der Waals surface area contributed by atoms with Crippen LogP contribution in [0, 0.1) is 0 Å². The summed E-state index contributed by atoms with van der Waals surface area (Å²) in [4.78, 5) is 50.8. The first-order valence-electron chi connectivity index (χ1n) is 9.51. The lowest BCUT2D eigenvalue weighted by Crippen LogP contribution is -2.80. The SMILES string of the molecule is CCOc1cc(Cl)ccc1N1CCNC2(OC(=O)C=CC(=O)O2)C12OC(=O)C=CC(=O)O2. The summed E-state index contributed by atoms with van der Waals surface area (Å²) in [6.07, 6.45) is 3.33. The van der Waals surface area contributed by atoms with E-state index in [-0.39, 0.29) is 31.1 Å². The van der Waals surface area contributed by atoms with Crippen molar-refractivity contribution in [3.8, 4) is 5.75 Å². The van der Waals surface area contributed by atoms with Crippen LogP contribution in [0.15, 0.2) is 42.5 Å². The molecule has 2 spiro atoms. The van der Waals surface area contributed by atoms with Crippen LogP contribution in [0.2, 0.25) is 5.02 Å². The molecular formula is C20H17ClN2O9. The second-order valence-electron chi connectivity index (χ2n) is 6.67. The minimum absolute atomic E-state index is 0.0482. The fraction of sp³-hybridized carbons (Fsp3) is 0.300. The van der Waals surface area contributed by atoms with Crippen LogP contribution < -0.4 is 15.0 Å². The molecule has 11 nitrogen and oxygen atoms in total. The van der Waals surface area contributed by atoms with Crippen molar-refractivity contribution in [1.29, 1.82) is 0 Å². The highest BCUT2D eigenvalue weighted by Gasteiger charge is 2.72. The van der Waals surface area contributed by atoms with Crippen molar-refractivity contribution in [2.24, 2.45) is 0 Å². The lowest BCUT2D eigenvalue weighted by Gasteiger charge is -2.52. The molecule has 1 fully saturated rings. The van der Waals surface area contributed by atoms with Gasteiger partial charge in [-0.3, -0.25) is 4.90 Å². The van der Waals surface area contributed by atoms with Gasteiger partial charge in [-0.25, -0.2) is 24.5 Å². The molecule has 3 aliphatic rings. The van der Waals surface area contributed by atoms with Gasteiger partial charge in [0.2, 0.25) is 0 Å². The standard InChI is InChI=1S/C20H17ClN2O9/c1-2-28-14-11-12(21)3-4-13(14)23-10-9-22-19(29-15(24)5-6-16(25)30-19)20(23)31-17(26)7-8-18(27)32-20/h3-8,11,22H,2,9-10H2,1H3. The molecule has 0 unspecified atom stereocenters. The van der Waals surface area contributed by atoms with Crippen molar-refractivity contribution in [3.05, 3.63) is 47.5 Å². The molecule has 1 aromatic rings. The largest absolute Gasteiger partial charge is 0.492 e. The van der Waals surface area contributed by atoms with Crippen molar-refractivity contribution in [3.63, 3.8) is 0 Å². The molecule has 0 radical (unpaired) electrons. The molecule has 0 aromatic heterocycles. The van der Waals surface area contributed by atoms with Gasteiger partial charge in [0, 0.05) is 48.5 Å². The van der Waals surface area contributed by atoms with Crippen molar-refractivity contribution < 1.29 is 42.9 Å². The van der Waals surface area contributed by atoms with Crippen LogP contribution in [0.4, 0.5) is 5.69 Å². The number of nitrogens with one attached hydrogen (secondary N) is 1. The van der Waals surface area contributed by atoms with Crippen LogP contribution in [0.3, 0.4) is 0 Å². The number of rotatable bonds is 3. The summed E-state index contributed by atoms with van der Waals surface area (Å²) in [6, 6.07) is 4.58. The van der Waals surface area contributed by atoms with Crippen molar-refractivity contribution in [2.75, 3.05) is 24.6 Å². The van der Waals surface area contributed by atoms with Crippen molar-refractivity contribution >= 4 is 41.2 Å². The van der Waals surface area contributed by atoms with Gasteiger partial charge >= 0.3 is 35.7 Å². The summed E-state index contributed by atoms with van der Waals surface area (Å²) in [5, 5.41) is 3.06. The molecule has 1 aromatic carbocycles. The summed E-state index contributed by atoms with van der Waals surface area (Å²) in [5.74, 6) is -8.90. The van der Waals surface area contributed by atoms with Gasteiger partial charge in [0.1, 0.15) is 5.75 Å². The molecule has 0 aliphatic carbocycles. The number of esters is 4. The average Bonchev–Trinajstić information content (AvgIpc) is 2.98. The smallest absolute Gasteiger partial charge is 0.442 e. The van der Waals surface area contributed by atoms with Gasteiger partial charge in [0.25, 0.3) is 0 Å². The topological polar surface area (TPSA) is 130 Å². The average molecular weight is 465 g/mol. The number of carbonyl (C=O) groups is 4. The molecule has 12 heteroatoms. The zero-order chi connectivity index (χ0) is 22.9. The zero-order valence-corrected chi connectivity index (χ0v) is 17.4. The number of hydrogen-bond donors (Lipinski definition) is 1. The quantitative estimate of drug-likeness (QED) is 0.636. The molecule has 168 valence electrons. The van der Waals surface area contributed by atoms with Crippen molar-refractivity contribution in [1.82, 2.24) is 5.32 Å². The molecule has 32 heavy (non-hydrogen) atoms. The summed E-state index contributed by atoms with van der Waals surface area (Å²) in [6.45, 7) is 2.11. The third-order valence-electron chi connectivity index (χ3n) is 4.65. The Morgan fingerprint density at radius 2 is 1.53 bits per heavy atom. The van der Waals surface area contributed by atoms with E-state index in [1.807, 2.05) is 0 Å². The molecule has 0 atom stereocenters. The van der Waals surface area contributed by atoms with Gasteiger partial charge in [0.05, 0.1) is 12.3 Å². The van der Waals surface area contributed by atoms with Gasteiger partial charge in [0.15, 0.2) is 0 Å². The Labute approximate surface area is 186 Å². The van der Waals surface area contributed by atoms with E-state index in [1.165, 1.54) is 23.1 Å². The maximum Gasteiger partial charge on any atom is 0.442 e. The molecule has 0 amide bonds. The van der Waals surface area contributed by atoms with Crippen LogP contribution in [0.1, 0.15) is 6.92 Å². The van der Waals surface area contributed by atoms with Crippen molar-refractivity contribution in [2.45, 2.75) is 18.7 Å². The molecule has 3 heterocycles. The van der Waals surface area contributed by atoms with E-state index in [0.29, 0.717) is 5.02 Å². The monoisotopic (exact) mass is 464 g/mol. The number of carbonyl (C=O) groups excluding carboxylic acids is 4. The van der Waals surface area contributed by atoms with E-state index in [1.54, 1.807) is 6.92 Å². The molecule has 4 rings (SSSR count). The summed E-state index contributed by atoms with van der Waals surface area (Å²) >= 11 is 6.10. The lowest BCUT2D eigenvalue weighted by atomic mass is 10.1. The number of hydrogen-bond acceptors (Lipinski definition) is 11. The Hall–Kier alpha value is -3.57. The van der Waals surface area contributed by atoms with Crippen LogP contribution in [0.5, 0.6) is 5.75 Å². The van der Waals surface area contributed by atoms with E-state index >= 15 is 0 Å². The summed E-state index contributed by atoms with van der Waals surface area (Å²) in [7, 11) is 0. The van der Waals surface area contributed by atoms with Gasteiger partial charge in [-0.2, -0.15) is 0 Å². The predicted octanol–water partition coefficient (Wildman–Crippen LogP) is 0.768. The van der Waals surface area contributed by atoms with Crippen LogP contribution in [-0.4, -0.2) is 55.4 Å². The van der Waals surface area contributed by atoms with E-state index < -0.39 is 35.7 Å². The molecule has 0 bridgehead atoms. The van der Waals surface area contributed by atoms with E-state index in [0.717, 1.165) is 24.3 Å². The molecule has 3 aliphatic heterocycles. The first-order valence-corrected chi connectivity index (χ1v) is 9.89. The fourth-order valence-electron chi connectivity index (χ4n) is 3.48. The zero-order valence-electron chi connectivity index (χ0n) is 16.7. The van der Waals surface area contributed by atoms with Crippen LogP contribution in [-0.2, 0) is 38.1 Å². The van der Waals surface area contributed by atoms with E-state index in [4.69, 9.17) is 35.3 Å². The Morgan fingerprint density at radius 3 is 2.09 bits per heavy atom. The van der Waals surface area contributed by atoms with Gasteiger partial charge in [-0.1, -0.05) is 11.6 Å². The Bertz CT molecular complexity index is 1010. The van der Waals surface area contributed by atoms with Gasteiger partial charge in [-0.05, 0) is 19.1 Å². The minimum atomic E-state index is -2.58. The highest BCUT2D eigenvalue weighted by atomic mass is 35.5. The minimum Gasteiger partial charge on any atom is -0.492 e. The number of piperazine rings is 1. The highest BCUT2D eigenvalue weighted by molar-refractivity contribution is 6.30. The van der Waals surface area contributed by atoms with E-state index in [2.05, 4.69) is 5.32 Å². The Morgan fingerprint density at radius 1 is 0.969 bits per heavy atom. The first-order chi connectivity index (χ1) is 15.3. The maximum absolute atomic E-state index is 12.5. The molecule has 1 N–H and O–H groups in total. The third-order valence-corrected chi connectivity index (χ3v) is 4.89. The number of fused-ring (bicyclic) bond motifs is 1. The number of anilines is 1. The molecule has 0 saturated carbocycles. The van der Waals surface area contributed by atoms with Crippen LogP contribution in [0.25, 0.3) is 0 Å². The van der Waals surface area contributed by atoms with Gasteiger partial charge in [-0.15, -0.1) is 0 Å². The maximum atomic E-state index is 12.5. The number of benzene rings is 1. The normalized spacial score (nSPS) is 21.4. The molecular weight excluding hydrogens is 448 g/mol. The fourth-order valence-corrected chi connectivity index (χ4v) is 3.64. The van der Waals surface area contributed by atoms with Crippen LogP contribution >= 0.6 is 11.6 Å². The van der Waals surface area contributed by atoms with Gasteiger partial charge < -0.3 is 23.7 Å². The number of halogens is 1. The molecule has 1 saturated heterocycles. The lowest BCUT2D eigenvalue weighted by molar-refractivity contribution is -0.375. The Kier molecular flexibility index (Phi) is 5.53. The second kappa shape index (κ2) is 8.17. The summed E-state index contributed by atoms with van der Waals surface area (Å²) in [5.41, 5.74) is 0.268. The Balaban J connectivity index is 1.94. The second-order valence-corrected chi connectivity index (χ2v) is 7.11. The number of ether oxygens (including phenoxy) is 5. The summed E-state index contributed by atoms with van der Waals surface area (Å²) < 4.78 is 27.4. The first kappa shape index (κ1) is 21.7. The third kappa shape index (κ3) is 3.65. The predicted molar refractivity (Wildman–Crippen MR) is 106 cm³/mol. The van der Waals surface area contributed by atoms with E-state index in [9.17, 15) is 19.2 Å². The number of nitrogens with zero attached hydrogens (tertiary/aromatic N) is 1. The highest BCUT2D eigenvalue weighted by Crippen LogP contribution is 2.45.